The Kier molecular flexibility index (Phi) is 6.85. The average molecular weight is 449 g/mol. The first-order valence-corrected chi connectivity index (χ1v) is 11.4. The number of hydrogen-bond donors (Lipinski definition) is 1. The van der Waals surface area contributed by atoms with Gasteiger partial charge < -0.3 is 10.1 Å². The second kappa shape index (κ2) is 9.80. The fourth-order valence-electron chi connectivity index (χ4n) is 4.08. The normalized spacial score (nSPS) is 15.5. The van der Waals surface area contributed by atoms with E-state index >= 15 is 0 Å². The first-order valence-electron chi connectivity index (χ1n) is 11.4. The number of carbonyl (C=O) groups is 1. The Labute approximate surface area is 194 Å². The van der Waals surface area contributed by atoms with Crippen molar-refractivity contribution >= 4 is 5.91 Å². The van der Waals surface area contributed by atoms with Crippen LogP contribution in [0.5, 0.6) is 0 Å². The topological polar surface area (TPSA) is 85.2 Å². The van der Waals surface area contributed by atoms with Crippen molar-refractivity contribution in [1.29, 1.82) is 0 Å². The highest BCUT2D eigenvalue weighted by molar-refractivity contribution is 5.96. The van der Waals surface area contributed by atoms with E-state index in [2.05, 4.69) is 56.9 Å². The van der Waals surface area contributed by atoms with Gasteiger partial charge in [0.1, 0.15) is 0 Å². The summed E-state index contributed by atoms with van der Waals surface area (Å²) in [5.41, 5.74) is 4.52. The number of tetrazole rings is 1. The minimum absolute atomic E-state index is 0.0149. The van der Waals surface area contributed by atoms with E-state index in [1.165, 1.54) is 5.56 Å². The first-order chi connectivity index (χ1) is 15.8. The number of likely N-dealkylation sites (tertiary alicyclic amines) is 1. The zero-order chi connectivity index (χ0) is 23.5. The molecule has 0 radical (unpaired) electrons. The maximum Gasteiger partial charge on any atom is 0.251 e. The fourth-order valence-corrected chi connectivity index (χ4v) is 4.08. The van der Waals surface area contributed by atoms with Crippen LogP contribution in [0.25, 0.3) is 16.8 Å². The third kappa shape index (κ3) is 5.29. The highest BCUT2D eigenvalue weighted by Gasteiger charge is 2.27. The van der Waals surface area contributed by atoms with E-state index in [0.717, 1.165) is 42.3 Å². The molecule has 174 valence electrons. The van der Waals surface area contributed by atoms with E-state index in [-0.39, 0.29) is 17.9 Å². The lowest BCUT2D eigenvalue weighted by molar-refractivity contribution is -0.0318. The summed E-state index contributed by atoms with van der Waals surface area (Å²) in [6.07, 6.45) is 0.299. The van der Waals surface area contributed by atoms with Crippen LogP contribution < -0.4 is 5.32 Å². The van der Waals surface area contributed by atoms with Gasteiger partial charge in [0, 0.05) is 44.3 Å². The Balaban J connectivity index is 1.62. The number of nitrogens with zero attached hydrogens (tertiary/aromatic N) is 5. The molecule has 3 aromatic rings. The minimum Gasteiger partial charge on any atom is -0.379 e. The molecule has 1 amide bonds. The number of rotatable bonds is 8. The molecular formula is C25H32N6O2. The molecule has 1 fully saturated rings. The minimum atomic E-state index is -0.110. The van der Waals surface area contributed by atoms with Crippen LogP contribution in [-0.4, -0.2) is 69.9 Å². The lowest BCUT2D eigenvalue weighted by atomic mass is 10.00. The molecule has 33 heavy (non-hydrogen) atoms. The van der Waals surface area contributed by atoms with Crippen molar-refractivity contribution in [3.63, 3.8) is 0 Å². The fraction of sp³-hybridized carbons (Fsp3) is 0.440. The Morgan fingerprint density at radius 2 is 1.85 bits per heavy atom. The van der Waals surface area contributed by atoms with Crippen molar-refractivity contribution in [2.45, 2.75) is 45.8 Å². The number of aryl methyl sites for hydroxylation is 1. The largest absolute Gasteiger partial charge is 0.379 e. The van der Waals surface area contributed by atoms with Gasteiger partial charge in [-0.05, 0) is 53.6 Å². The van der Waals surface area contributed by atoms with Gasteiger partial charge in [-0.2, -0.15) is 4.68 Å². The molecule has 1 N–H and O–H groups in total. The quantitative estimate of drug-likeness (QED) is 0.570. The molecule has 0 unspecified atom stereocenters. The standard InChI is InChI=1S/C25H32N6O2/c1-16(2)24-27-28-29-31(24)22-11-20(19-8-6-17(3)7-9-19)10-21(12-22)25(32)26-18(4)13-30-14-23(15-30)33-5/h6-12,16,18,23H,13-15H2,1-5H3,(H,26,32)/t18-/m1/s1. The molecule has 1 atom stereocenters. The summed E-state index contributed by atoms with van der Waals surface area (Å²) in [5.74, 6) is 0.787. The second-order valence-electron chi connectivity index (χ2n) is 9.19. The summed E-state index contributed by atoms with van der Waals surface area (Å²) in [5, 5.41) is 15.4. The van der Waals surface area contributed by atoms with E-state index in [1.54, 1.807) is 11.8 Å². The molecular weight excluding hydrogens is 416 g/mol. The first kappa shape index (κ1) is 23.1. The van der Waals surface area contributed by atoms with Crippen LogP contribution >= 0.6 is 0 Å². The summed E-state index contributed by atoms with van der Waals surface area (Å²) in [7, 11) is 1.74. The van der Waals surface area contributed by atoms with Crippen LogP contribution in [0.1, 0.15) is 48.4 Å². The SMILES string of the molecule is COC1CN(C[C@@H](C)NC(=O)c2cc(-c3ccc(C)cc3)cc(-n3nnnc3C(C)C)c2)C1. The maximum absolute atomic E-state index is 13.2. The molecule has 2 heterocycles. The van der Waals surface area contributed by atoms with E-state index in [9.17, 15) is 4.79 Å². The van der Waals surface area contributed by atoms with Crippen LogP contribution in [0.15, 0.2) is 42.5 Å². The summed E-state index contributed by atoms with van der Waals surface area (Å²) < 4.78 is 7.05. The highest BCUT2D eigenvalue weighted by Crippen LogP contribution is 2.26. The molecule has 2 aromatic carbocycles. The molecule has 8 heteroatoms. The van der Waals surface area contributed by atoms with Gasteiger partial charge in [0.2, 0.25) is 0 Å². The van der Waals surface area contributed by atoms with Crippen LogP contribution in [-0.2, 0) is 4.74 Å². The van der Waals surface area contributed by atoms with Crippen molar-refractivity contribution in [3.8, 4) is 16.8 Å². The summed E-state index contributed by atoms with van der Waals surface area (Å²) in [6, 6.07) is 14.1. The molecule has 1 aliphatic rings. The Hall–Kier alpha value is -3.10. The summed E-state index contributed by atoms with van der Waals surface area (Å²) >= 11 is 0. The van der Waals surface area contributed by atoms with Crippen molar-refractivity contribution in [3.05, 3.63) is 59.4 Å². The lowest BCUT2D eigenvalue weighted by Crippen LogP contribution is -2.55. The second-order valence-corrected chi connectivity index (χ2v) is 9.19. The van der Waals surface area contributed by atoms with Crippen LogP contribution in [0.3, 0.4) is 0 Å². The van der Waals surface area contributed by atoms with E-state index in [0.29, 0.717) is 11.7 Å². The van der Waals surface area contributed by atoms with Gasteiger partial charge >= 0.3 is 0 Å². The zero-order valence-electron chi connectivity index (χ0n) is 19.9. The predicted octanol–water partition coefficient (Wildman–Crippen LogP) is 3.21. The molecule has 1 aromatic heterocycles. The van der Waals surface area contributed by atoms with Gasteiger partial charge in [-0.15, -0.1) is 5.10 Å². The van der Waals surface area contributed by atoms with Crippen molar-refractivity contribution < 1.29 is 9.53 Å². The van der Waals surface area contributed by atoms with Crippen LogP contribution in [0.2, 0.25) is 0 Å². The number of ether oxygens (including phenoxy) is 1. The zero-order valence-corrected chi connectivity index (χ0v) is 19.9. The third-order valence-corrected chi connectivity index (χ3v) is 5.99. The van der Waals surface area contributed by atoms with E-state index < -0.39 is 0 Å². The molecule has 0 aliphatic carbocycles. The number of nitrogens with one attached hydrogen (secondary N) is 1. The van der Waals surface area contributed by atoms with Gasteiger partial charge in [0.25, 0.3) is 5.91 Å². The molecule has 1 saturated heterocycles. The van der Waals surface area contributed by atoms with Crippen LogP contribution in [0, 0.1) is 6.92 Å². The Morgan fingerprint density at radius 1 is 1.12 bits per heavy atom. The van der Waals surface area contributed by atoms with Crippen molar-refractivity contribution in [1.82, 2.24) is 30.4 Å². The summed E-state index contributed by atoms with van der Waals surface area (Å²) in [6.45, 7) is 10.8. The van der Waals surface area contributed by atoms with E-state index in [1.807, 2.05) is 39.0 Å². The number of methoxy groups -OCH3 is 1. The molecule has 4 rings (SSSR count). The molecule has 0 bridgehead atoms. The smallest absolute Gasteiger partial charge is 0.251 e. The van der Waals surface area contributed by atoms with Gasteiger partial charge in [0.05, 0.1) is 11.8 Å². The van der Waals surface area contributed by atoms with E-state index in [4.69, 9.17) is 4.74 Å². The van der Waals surface area contributed by atoms with Gasteiger partial charge in [-0.3, -0.25) is 9.69 Å². The molecule has 0 spiro atoms. The van der Waals surface area contributed by atoms with Gasteiger partial charge in [-0.1, -0.05) is 43.7 Å². The monoisotopic (exact) mass is 448 g/mol. The van der Waals surface area contributed by atoms with Crippen molar-refractivity contribution in [2.75, 3.05) is 26.7 Å². The maximum atomic E-state index is 13.2. The Morgan fingerprint density at radius 3 is 2.52 bits per heavy atom. The predicted molar refractivity (Wildman–Crippen MR) is 128 cm³/mol. The average Bonchev–Trinajstić information content (AvgIpc) is 3.26. The van der Waals surface area contributed by atoms with Gasteiger partial charge in [0.15, 0.2) is 5.82 Å². The van der Waals surface area contributed by atoms with Crippen LogP contribution in [0.4, 0.5) is 0 Å². The molecule has 8 nitrogen and oxygen atoms in total. The van der Waals surface area contributed by atoms with Gasteiger partial charge in [-0.25, -0.2) is 0 Å². The number of hydrogen-bond acceptors (Lipinski definition) is 6. The number of carbonyl (C=O) groups excluding carboxylic acids is 1. The number of aromatic nitrogens is 4. The number of amides is 1. The molecule has 0 saturated carbocycles. The Bertz CT molecular complexity index is 1100. The third-order valence-electron chi connectivity index (χ3n) is 5.99. The van der Waals surface area contributed by atoms with Crippen molar-refractivity contribution in [2.24, 2.45) is 0 Å². The molecule has 1 aliphatic heterocycles. The number of benzene rings is 2. The lowest BCUT2D eigenvalue weighted by Gasteiger charge is -2.39. The summed E-state index contributed by atoms with van der Waals surface area (Å²) in [4.78, 5) is 15.5. The highest BCUT2D eigenvalue weighted by atomic mass is 16.5.